The van der Waals surface area contributed by atoms with E-state index in [1.165, 1.54) is 16.7 Å². The van der Waals surface area contributed by atoms with Crippen molar-refractivity contribution in [3.8, 4) is 0 Å². The topological polar surface area (TPSA) is 149 Å². The first kappa shape index (κ1) is 20.6. The fourth-order valence-electron chi connectivity index (χ4n) is 3.55. The molecular weight excluding hydrogens is 396 g/mol. The maximum absolute atomic E-state index is 12.3. The number of carbonyl (C=O) groups excluding carboxylic acids is 3. The summed E-state index contributed by atoms with van der Waals surface area (Å²) in [6.45, 7) is 3.55. The molecule has 2 N–H and O–H groups in total. The molecule has 12 nitrogen and oxygen atoms in total. The third-order valence-corrected chi connectivity index (χ3v) is 6.37. The summed E-state index contributed by atoms with van der Waals surface area (Å²) in [5.74, 6) is -0.407. The van der Waals surface area contributed by atoms with Gasteiger partial charge in [-0.25, -0.2) is 0 Å². The van der Waals surface area contributed by atoms with Crippen molar-refractivity contribution in [3.05, 3.63) is 10.1 Å². The SMILES string of the molecule is CC1(C)SCC(C(=O)NCC(=O)N[C@H]2CO[C@H]3C2OC[C@@H]3O[N+](=O)[O-])N1C=O. The molecule has 3 saturated heterocycles. The summed E-state index contributed by atoms with van der Waals surface area (Å²) in [7, 11) is 0. The molecule has 0 saturated carbocycles. The first-order valence-electron chi connectivity index (χ1n) is 8.72. The average molecular weight is 418 g/mol. The van der Waals surface area contributed by atoms with E-state index >= 15 is 0 Å². The standard InChI is InChI=1S/C15H22N4O8S/c1-15(2)18(7-20)9(6-28-15)14(22)16-3-11(21)17-8-4-25-13-10(27-19(23)24)5-26-12(8)13/h7-10,12-13H,3-6H2,1-2H3,(H,16,22)(H,17,21)/t8-,9?,10-,12?,13+/m0/s1. The highest BCUT2D eigenvalue weighted by Crippen LogP contribution is 2.37. The molecule has 0 bridgehead atoms. The molecule has 0 aromatic heterocycles. The van der Waals surface area contributed by atoms with E-state index in [4.69, 9.17) is 9.47 Å². The maximum Gasteiger partial charge on any atom is 0.294 e. The average Bonchev–Trinajstić information content (AvgIpc) is 3.27. The van der Waals surface area contributed by atoms with Gasteiger partial charge in [0, 0.05) is 5.75 Å². The Balaban J connectivity index is 1.46. The van der Waals surface area contributed by atoms with E-state index in [2.05, 4.69) is 15.5 Å². The van der Waals surface area contributed by atoms with Crippen molar-refractivity contribution < 1.29 is 33.8 Å². The van der Waals surface area contributed by atoms with Crippen LogP contribution in [0.3, 0.4) is 0 Å². The zero-order valence-corrected chi connectivity index (χ0v) is 16.2. The Morgan fingerprint density at radius 1 is 1.36 bits per heavy atom. The van der Waals surface area contributed by atoms with Gasteiger partial charge in [0.15, 0.2) is 6.10 Å². The van der Waals surface area contributed by atoms with Gasteiger partial charge in [0.05, 0.1) is 30.7 Å². The van der Waals surface area contributed by atoms with Crippen LogP contribution in [0.2, 0.25) is 0 Å². The van der Waals surface area contributed by atoms with Crippen LogP contribution in [0, 0.1) is 10.1 Å². The van der Waals surface area contributed by atoms with E-state index in [1.807, 2.05) is 13.8 Å². The summed E-state index contributed by atoms with van der Waals surface area (Å²) in [5.41, 5.74) is 0. The second-order valence-corrected chi connectivity index (χ2v) is 8.76. The number of fused-ring (bicyclic) bond motifs is 1. The number of rotatable bonds is 7. The largest absolute Gasteiger partial charge is 0.371 e. The van der Waals surface area contributed by atoms with Gasteiger partial charge in [-0.3, -0.25) is 14.4 Å². The Morgan fingerprint density at radius 3 is 2.75 bits per heavy atom. The van der Waals surface area contributed by atoms with E-state index in [0.717, 1.165) is 0 Å². The smallest absolute Gasteiger partial charge is 0.294 e. The van der Waals surface area contributed by atoms with Gasteiger partial charge in [0.25, 0.3) is 5.09 Å². The van der Waals surface area contributed by atoms with Crippen LogP contribution < -0.4 is 10.6 Å². The van der Waals surface area contributed by atoms with E-state index in [0.29, 0.717) is 12.2 Å². The third-order valence-electron chi connectivity index (χ3n) is 4.97. The third kappa shape index (κ3) is 4.15. The molecule has 3 heterocycles. The second kappa shape index (κ2) is 8.09. The lowest BCUT2D eigenvalue weighted by molar-refractivity contribution is -0.769. The van der Waals surface area contributed by atoms with Gasteiger partial charge in [-0.15, -0.1) is 21.9 Å². The Bertz CT molecular complexity index is 662. The van der Waals surface area contributed by atoms with Gasteiger partial charge in [-0.05, 0) is 13.8 Å². The van der Waals surface area contributed by atoms with E-state index < -0.39 is 52.2 Å². The Labute approximate surface area is 164 Å². The fraction of sp³-hybridized carbons (Fsp3) is 0.800. The molecule has 0 aliphatic carbocycles. The summed E-state index contributed by atoms with van der Waals surface area (Å²) in [6, 6.07) is -1.13. The van der Waals surface area contributed by atoms with Gasteiger partial charge in [-0.2, -0.15) is 0 Å². The molecule has 0 aromatic carbocycles. The molecule has 5 atom stereocenters. The summed E-state index contributed by atoms with van der Waals surface area (Å²) in [6.07, 6.45) is -1.38. The molecule has 0 aromatic rings. The lowest BCUT2D eigenvalue weighted by Crippen LogP contribution is -2.52. The Hall–Kier alpha value is -2.12. The molecule has 3 aliphatic heterocycles. The monoisotopic (exact) mass is 418 g/mol. The van der Waals surface area contributed by atoms with Crippen molar-refractivity contribution in [1.29, 1.82) is 0 Å². The van der Waals surface area contributed by atoms with Gasteiger partial charge in [0.2, 0.25) is 18.2 Å². The molecule has 156 valence electrons. The minimum atomic E-state index is -0.896. The number of ether oxygens (including phenoxy) is 2. The molecule has 3 aliphatic rings. The minimum Gasteiger partial charge on any atom is -0.371 e. The van der Waals surface area contributed by atoms with Crippen LogP contribution in [-0.4, -0.2) is 89.0 Å². The van der Waals surface area contributed by atoms with Crippen molar-refractivity contribution in [1.82, 2.24) is 15.5 Å². The lowest BCUT2D eigenvalue weighted by Gasteiger charge is -2.30. The Morgan fingerprint density at radius 2 is 2.07 bits per heavy atom. The molecule has 2 unspecified atom stereocenters. The quantitative estimate of drug-likeness (QED) is 0.279. The number of amides is 3. The molecule has 3 amide bonds. The predicted molar refractivity (Wildman–Crippen MR) is 94.5 cm³/mol. The fourth-order valence-corrected chi connectivity index (χ4v) is 4.74. The van der Waals surface area contributed by atoms with Crippen LogP contribution >= 0.6 is 11.8 Å². The van der Waals surface area contributed by atoms with Gasteiger partial charge < -0.3 is 29.8 Å². The molecule has 28 heavy (non-hydrogen) atoms. The molecule has 0 radical (unpaired) electrons. The molecular formula is C15H22N4O8S. The first-order chi connectivity index (χ1) is 13.2. The van der Waals surface area contributed by atoms with Crippen LogP contribution in [0.1, 0.15) is 13.8 Å². The number of hydrogen-bond acceptors (Lipinski definition) is 9. The zero-order valence-electron chi connectivity index (χ0n) is 15.4. The number of nitrogens with one attached hydrogen (secondary N) is 2. The molecule has 13 heteroatoms. The normalized spacial score (nSPS) is 33.2. The van der Waals surface area contributed by atoms with Crippen molar-refractivity contribution in [2.45, 2.75) is 49.1 Å². The van der Waals surface area contributed by atoms with Crippen LogP contribution in [0.25, 0.3) is 0 Å². The summed E-state index contributed by atoms with van der Waals surface area (Å²) >= 11 is 1.48. The van der Waals surface area contributed by atoms with E-state index in [9.17, 15) is 24.5 Å². The van der Waals surface area contributed by atoms with E-state index in [-0.39, 0.29) is 19.8 Å². The van der Waals surface area contributed by atoms with Crippen molar-refractivity contribution in [2.75, 3.05) is 25.5 Å². The summed E-state index contributed by atoms with van der Waals surface area (Å²) < 4.78 is 10.9. The summed E-state index contributed by atoms with van der Waals surface area (Å²) in [4.78, 5) is 51.7. The minimum absolute atomic E-state index is 0.00389. The number of thioether (sulfide) groups is 1. The number of carbonyl (C=O) groups is 3. The highest BCUT2D eigenvalue weighted by atomic mass is 32.2. The lowest BCUT2D eigenvalue weighted by atomic mass is 10.1. The molecule has 0 spiro atoms. The van der Waals surface area contributed by atoms with Crippen molar-refractivity contribution in [3.63, 3.8) is 0 Å². The van der Waals surface area contributed by atoms with Gasteiger partial charge >= 0.3 is 0 Å². The van der Waals surface area contributed by atoms with Gasteiger partial charge in [-0.1, -0.05) is 0 Å². The summed E-state index contributed by atoms with van der Waals surface area (Å²) in [5, 5.41) is 14.8. The number of hydrogen-bond donors (Lipinski definition) is 2. The second-order valence-electron chi connectivity index (χ2n) is 7.14. The van der Waals surface area contributed by atoms with Crippen molar-refractivity contribution >= 4 is 30.0 Å². The Kier molecular flexibility index (Phi) is 5.95. The highest BCUT2D eigenvalue weighted by molar-refractivity contribution is 8.00. The van der Waals surface area contributed by atoms with Crippen LogP contribution in [0.15, 0.2) is 0 Å². The molecule has 3 rings (SSSR count). The molecule has 3 fully saturated rings. The van der Waals surface area contributed by atoms with Crippen LogP contribution in [-0.2, 0) is 28.7 Å². The predicted octanol–water partition coefficient (Wildman–Crippen LogP) is -1.73. The van der Waals surface area contributed by atoms with E-state index in [1.54, 1.807) is 0 Å². The van der Waals surface area contributed by atoms with Crippen LogP contribution in [0.4, 0.5) is 0 Å². The van der Waals surface area contributed by atoms with Gasteiger partial charge in [0.1, 0.15) is 18.2 Å². The highest BCUT2D eigenvalue weighted by Gasteiger charge is 2.50. The van der Waals surface area contributed by atoms with Crippen LogP contribution in [0.5, 0.6) is 0 Å². The maximum atomic E-state index is 12.3. The zero-order chi connectivity index (χ0) is 20.5. The van der Waals surface area contributed by atoms with Crippen molar-refractivity contribution in [2.24, 2.45) is 0 Å². The first-order valence-corrected chi connectivity index (χ1v) is 9.70. The number of nitrogens with zero attached hydrogens (tertiary/aromatic N) is 2.